The first kappa shape index (κ1) is 19.7. The molecule has 6 nitrogen and oxygen atoms in total. The third-order valence-corrected chi connectivity index (χ3v) is 5.98. The van der Waals surface area contributed by atoms with Crippen LogP contribution in [0.25, 0.3) is 11.4 Å². The van der Waals surface area contributed by atoms with Gasteiger partial charge in [-0.3, -0.25) is 5.10 Å². The zero-order valence-electron chi connectivity index (χ0n) is 16.2. The molecule has 7 heteroatoms. The van der Waals surface area contributed by atoms with Crippen molar-refractivity contribution < 1.29 is 0 Å². The number of rotatable bonds is 7. The Kier molecular flexibility index (Phi) is 7.56. The monoisotopic (exact) mass is 386 g/mol. The van der Waals surface area contributed by atoms with Gasteiger partial charge in [-0.15, -0.1) is 0 Å². The molecule has 1 heterocycles. The summed E-state index contributed by atoms with van der Waals surface area (Å²) < 4.78 is 0. The summed E-state index contributed by atoms with van der Waals surface area (Å²) >= 11 is 2.09. The molecule has 0 bridgehead atoms. The maximum absolute atomic E-state index is 4.81. The van der Waals surface area contributed by atoms with E-state index in [-0.39, 0.29) is 0 Å². The minimum Gasteiger partial charge on any atom is -0.357 e. The summed E-state index contributed by atoms with van der Waals surface area (Å²) in [6, 6.07) is 8.80. The van der Waals surface area contributed by atoms with Crippen LogP contribution in [0.3, 0.4) is 0 Å². The first-order valence-electron chi connectivity index (χ1n) is 9.89. The first-order valence-corrected chi connectivity index (χ1v) is 10.9. The predicted molar refractivity (Wildman–Crippen MR) is 114 cm³/mol. The van der Waals surface area contributed by atoms with E-state index in [1.807, 2.05) is 12.1 Å². The van der Waals surface area contributed by atoms with Gasteiger partial charge in [0.2, 0.25) is 0 Å². The topological polar surface area (TPSA) is 78.0 Å². The van der Waals surface area contributed by atoms with Crippen molar-refractivity contribution in [1.29, 1.82) is 0 Å². The Morgan fingerprint density at radius 2 is 2.26 bits per heavy atom. The van der Waals surface area contributed by atoms with Crippen molar-refractivity contribution in [3.63, 3.8) is 0 Å². The highest BCUT2D eigenvalue weighted by Crippen LogP contribution is 2.28. The van der Waals surface area contributed by atoms with Crippen LogP contribution in [0.2, 0.25) is 0 Å². The van der Waals surface area contributed by atoms with Gasteiger partial charge in [0, 0.05) is 23.4 Å². The zero-order chi connectivity index (χ0) is 18.9. The molecule has 3 rings (SSSR count). The minimum absolute atomic E-state index is 0.515. The van der Waals surface area contributed by atoms with Crippen LogP contribution < -0.4 is 10.6 Å². The van der Waals surface area contributed by atoms with E-state index in [4.69, 9.17) is 4.99 Å². The number of aliphatic imine (C=N–C) groups is 1. The molecule has 1 aromatic carbocycles. The van der Waals surface area contributed by atoms with Crippen LogP contribution in [0.15, 0.2) is 35.6 Å². The second-order valence-electron chi connectivity index (χ2n) is 6.81. The molecule has 2 unspecified atom stereocenters. The third kappa shape index (κ3) is 5.99. The lowest BCUT2D eigenvalue weighted by Crippen LogP contribution is -2.45. The van der Waals surface area contributed by atoms with Crippen molar-refractivity contribution in [2.75, 3.05) is 12.3 Å². The normalized spacial score (nSPS) is 20.4. The summed E-state index contributed by atoms with van der Waals surface area (Å²) in [6.07, 6.45) is 6.63. The number of nitrogens with zero attached hydrogens (tertiary/aromatic N) is 3. The smallest absolute Gasteiger partial charge is 0.191 e. The molecule has 1 aliphatic rings. The molecular formula is C20H30N6S. The van der Waals surface area contributed by atoms with Crippen molar-refractivity contribution in [2.45, 2.75) is 57.4 Å². The number of H-pyrrole nitrogens is 1. The number of nitrogens with one attached hydrogen (secondary N) is 3. The number of guanidine groups is 1. The number of hydrogen-bond acceptors (Lipinski definition) is 4. The summed E-state index contributed by atoms with van der Waals surface area (Å²) in [5.74, 6) is 2.90. The molecule has 0 radical (unpaired) electrons. The van der Waals surface area contributed by atoms with Crippen molar-refractivity contribution in [3.8, 4) is 11.4 Å². The molecule has 2 aromatic rings. The highest BCUT2D eigenvalue weighted by atomic mass is 32.2. The average molecular weight is 387 g/mol. The second-order valence-corrected chi connectivity index (χ2v) is 8.39. The molecular weight excluding hydrogens is 356 g/mol. The van der Waals surface area contributed by atoms with Crippen molar-refractivity contribution >= 4 is 17.7 Å². The maximum Gasteiger partial charge on any atom is 0.191 e. The van der Waals surface area contributed by atoms with Gasteiger partial charge in [0.1, 0.15) is 6.33 Å². The summed E-state index contributed by atoms with van der Waals surface area (Å²) in [4.78, 5) is 9.04. The molecule has 1 aromatic heterocycles. The number of benzene rings is 1. The van der Waals surface area contributed by atoms with Crippen molar-refractivity contribution in [2.24, 2.45) is 4.99 Å². The molecule has 0 aliphatic heterocycles. The van der Waals surface area contributed by atoms with Crippen LogP contribution in [0.1, 0.15) is 45.1 Å². The standard InChI is InChI=1S/C20H30N6S/c1-3-21-20(25-17-9-6-10-18(12-17)27-4-2)22-13-15-7-5-8-16(11-15)19-23-14-24-26-19/h5,7-8,11,14,17-18H,3-4,6,9-10,12-13H2,1-2H3,(H2,21,22,25)(H,23,24,26). The van der Waals surface area contributed by atoms with E-state index in [2.05, 4.69) is 63.6 Å². The van der Waals surface area contributed by atoms with Gasteiger partial charge in [0.15, 0.2) is 11.8 Å². The Morgan fingerprint density at radius 1 is 1.33 bits per heavy atom. The first-order chi connectivity index (χ1) is 13.3. The van der Waals surface area contributed by atoms with Crippen molar-refractivity contribution in [3.05, 3.63) is 36.2 Å². The van der Waals surface area contributed by atoms with Crippen LogP contribution in [0, 0.1) is 0 Å². The maximum atomic E-state index is 4.81. The van der Waals surface area contributed by atoms with E-state index >= 15 is 0 Å². The molecule has 27 heavy (non-hydrogen) atoms. The molecule has 3 N–H and O–H groups in total. The largest absolute Gasteiger partial charge is 0.357 e. The lowest BCUT2D eigenvalue weighted by atomic mass is 9.95. The molecule has 0 spiro atoms. The zero-order valence-corrected chi connectivity index (χ0v) is 17.1. The van der Waals surface area contributed by atoms with Crippen molar-refractivity contribution in [1.82, 2.24) is 25.8 Å². The van der Waals surface area contributed by atoms with Gasteiger partial charge in [-0.1, -0.05) is 31.5 Å². The predicted octanol–water partition coefficient (Wildman–Crippen LogP) is 3.59. The highest BCUT2D eigenvalue weighted by molar-refractivity contribution is 7.99. The SMILES string of the molecule is CCNC(=NCc1cccc(-c2ncn[nH]2)c1)NC1CCCC(SCC)C1. The molecule has 1 aliphatic carbocycles. The Hall–Kier alpha value is -2.02. The lowest BCUT2D eigenvalue weighted by Gasteiger charge is -2.30. The van der Waals surface area contributed by atoms with E-state index in [1.165, 1.54) is 37.8 Å². The molecule has 2 atom stereocenters. The van der Waals surface area contributed by atoms with E-state index in [0.29, 0.717) is 12.6 Å². The second kappa shape index (κ2) is 10.3. The Bertz CT molecular complexity index is 713. The molecule has 1 fully saturated rings. The van der Waals surface area contributed by atoms with Gasteiger partial charge >= 0.3 is 0 Å². The highest BCUT2D eigenvalue weighted by Gasteiger charge is 2.22. The third-order valence-electron chi connectivity index (χ3n) is 4.75. The Labute approximate surface area is 166 Å². The number of aromatic nitrogens is 3. The Morgan fingerprint density at radius 3 is 3.04 bits per heavy atom. The quantitative estimate of drug-likeness (QED) is 0.501. The summed E-state index contributed by atoms with van der Waals surface area (Å²) in [5, 5.41) is 14.7. The molecule has 146 valence electrons. The van der Waals surface area contributed by atoms with E-state index in [1.54, 1.807) is 0 Å². The Balaban J connectivity index is 1.63. The van der Waals surface area contributed by atoms with Gasteiger partial charge in [0.05, 0.1) is 6.54 Å². The van der Waals surface area contributed by atoms with Gasteiger partial charge in [0.25, 0.3) is 0 Å². The molecule has 0 saturated heterocycles. The number of aromatic amines is 1. The summed E-state index contributed by atoms with van der Waals surface area (Å²) in [6.45, 7) is 5.86. The fourth-order valence-corrected chi connectivity index (χ4v) is 4.68. The molecule has 1 saturated carbocycles. The van der Waals surface area contributed by atoms with Gasteiger partial charge < -0.3 is 10.6 Å². The lowest BCUT2D eigenvalue weighted by molar-refractivity contribution is 0.419. The van der Waals surface area contributed by atoms with Crippen LogP contribution in [0.5, 0.6) is 0 Å². The van der Waals surface area contributed by atoms with Gasteiger partial charge in [-0.05, 0) is 43.6 Å². The van der Waals surface area contributed by atoms with E-state index in [9.17, 15) is 0 Å². The fourth-order valence-electron chi connectivity index (χ4n) is 3.51. The minimum atomic E-state index is 0.515. The number of thioether (sulfide) groups is 1. The van der Waals surface area contributed by atoms with E-state index in [0.717, 1.165) is 34.7 Å². The van der Waals surface area contributed by atoms with Gasteiger partial charge in [-0.2, -0.15) is 16.9 Å². The fraction of sp³-hybridized carbons (Fsp3) is 0.550. The van der Waals surface area contributed by atoms with Crippen LogP contribution in [-0.2, 0) is 6.54 Å². The van der Waals surface area contributed by atoms with Crippen LogP contribution >= 0.6 is 11.8 Å². The van der Waals surface area contributed by atoms with Crippen LogP contribution in [0.4, 0.5) is 0 Å². The van der Waals surface area contributed by atoms with Crippen LogP contribution in [-0.4, -0.2) is 44.7 Å². The van der Waals surface area contributed by atoms with Gasteiger partial charge in [-0.25, -0.2) is 9.98 Å². The summed E-state index contributed by atoms with van der Waals surface area (Å²) in [5.41, 5.74) is 2.19. The molecule has 0 amide bonds. The summed E-state index contributed by atoms with van der Waals surface area (Å²) in [7, 11) is 0. The van der Waals surface area contributed by atoms with E-state index < -0.39 is 0 Å². The average Bonchev–Trinajstić information content (AvgIpc) is 3.22. The number of hydrogen-bond donors (Lipinski definition) is 3.